The summed E-state index contributed by atoms with van der Waals surface area (Å²) in [7, 11) is 1.69. The zero-order valence-electron chi connectivity index (χ0n) is 5.46. The first-order valence-electron chi connectivity index (χ1n) is 2.49. The van der Waals surface area contributed by atoms with Gasteiger partial charge in [0.25, 0.3) is 0 Å². The molecule has 0 radical (unpaired) electrons. The van der Waals surface area contributed by atoms with Gasteiger partial charge in [-0.2, -0.15) is 0 Å². The van der Waals surface area contributed by atoms with Crippen LogP contribution < -0.4 is 5.32 Å². The summed E-state index contributed by atoms with van der Waals surface area (Å²) >= 11 is 0. The van der Waals surface area contributed by atoms with Crippen LogP contribution in [0.25, 0.3) is 0 Å². The van der Waals surface area contributed by atoms with Crippen LogP contribution in [-0.4, -0.2) is 40.9 Å². The van der Waals surface area contributed by atoms with Gasteiger partial charge in [0.1, 0.15) is 0 Å². The molecule has 0 saturated carbocycles. The smallest absolute Gasteiger partial charge is 0.246 e. The van der Waals surface area contributed by atoms with Crippen molar-refractivity contribution in [2.24, 2.45) is 0 Å². The van der Waals surface area contributed by atoms with Crippen LogP contribution in [0.2, 0.25) is 0 Å². The molecule has 1 amide bonds. The van der Waals surface area contributed by atoms with E-state index in [-0.39, 0.29) is 11.9 Å². The van der Waals surface area contributed by atoms with Crippen molar-refractivity contribution in [1.29, 1.82) is 5.41 Å². The highest BCUT2D eigenvalue weighted by molar-refractivity contribution is 6.02. The zero-order chi connectivity index (χ0) is 8.15. The van der Waals surface area contributed by atoms with Gasteiger partial charge < -0.3 is 4.90 Å². The van der Waals surface area contributed by atoms with Crippen molar-refractivity contribution in [2.75, 3.05) is 13.6 Å². The molecule has 0 aromatic heterocycles. The van der Waals surface area contributed by atoms with Crippen molar-refractivity contribution in [3.8, 4) is 0 Å². The standard InChI is InChI=1S/C4H7N3O.H2O2/c1-7-2-3(8)6-4(7)5;1-2/h2H2,1H3,(H2,5,6,8);1-2H. The largest absolute Gasteiger partial charge is 0.337 e. The maximum atomic E-state index is 10.4. The van der Waals surface area contributed by atoms with E-state index in [1.807, 2.05) is 0 Å². The van der Waals surface area contributed by atoms with Crippen molar-refractivity contribution in [2.45, 2.75) is 0 Å². The van der Waals surface area contributed by atoms with Crippen LogP contribution >= 0.6 is 0 Å². The molecule has 0 aliphatic carbocycles. The number of nitrogens with zero attached hydrogens (tertiary/aromatic N) is 1. The summed E-state index contributed by atoms with van der Waals surface area (Å²) in [5.41, 5.74) is 0. The van der Waals surface area contributed by atoms with E-state index in [4.69, 9.17) is 15.9 Å². The molecule has 4 N–H and O–H groups in total. The predicted molar refractivity (Wildman–Crippen MR) is 33.8 cm³/mol. The van der Waals surface area contributed by atoms with Gasteiger partial charge in [0.05, 0.1) is 6.54 Å². The second-order valence-corrected chi connectivity index (χ2v) is 1.75. The van der Waals surface area contributed by atoms with Gasteiger partial charge in [-0.25, -0.2) is 0 Å². The molecule has 6 heteroatoms. The lowest BCUT2D eigenvalue weighted by Gasteiger charge is -2.03. The van der Waals surface area contributed by atoms with Crippen LogP contribution in [0.15, 0.2) is 0 Å². The van der Waals surface area contributed by atoms with E-state index < -0.39 is 0 Å². The molecule has 0 aromatic carbocycles. The van der Waals surface area contributed by atoms with Crippen molar-refractivity contribution in [3.05, 3.63) is 0 Å². The maximum Gasteiger partial charge on any atom is 0.246 e. The van der Waals surface area contributed by atoms with Crippen LogP contribution in [0.1, 0.15) is 0 Å². The highest BCUT2D eigenvalue weighted by Crippen LogP contribution is 1.89. The van der Waals surface area contributed by atoms with E-state index in [0.717, 1.165) is 0 Å². The first-order chi connectivity index (χ1) is 4.70. The van der Waals surface area contributed by atoms with Gasteiger partial charge >= 0.3 is 0 Å². The minimum absolute atomic E-state index is 0.0995. The molecule has 1 fully saturated rings. The predicted octanol–water partition coefficient (Wildman–Crippen LogP) is -1.000. The van der Waals surface area contributed by atoms with E-state index in [1.165, 1.54) is 0 Å². The van der Waals surface area contributed by atoms with Crippen LogP contribution in [0.3, 0.4) is 0 Å². The SMILES string of the molecule is CN1CC(=O)NC1=N.OO. The van der Waals surface area contributed by atoms with Gasteiger partial charge in [-0.1, -0.05) is 0 Å². The van der Waals surface area contributed by atoms with Crippen molar-refractivity contribution in [3.63, 3.8) is 0 Å². The number of nitrogens with one attached hydrogen (secondary N) is 2. The minimum Gasteiger partial charge on any atom is -0.337 e. The average Bonchev–Trinajstić information content (AvgIpc) is 2.16. The Hall–Kier alpha value is -1.14. The first kappa shape index (κ1) is 8.86. The second kappa shape index (κ2) is 3.80. The molecule has 0 unspecified atom stereocenters. The zero-order valence-corrected chi connectivity index (χ0v) is 5.46. The first-order valence-corrected chi connectivity index (χ1v) is 2.49. The van der Waals surface area contributed by atoms with E-state index in [9.17, 15) is 4.79 Å². The molecule has 1 saturated heterocycles. The fourth-order valence-corrected chi connectivity index (χ4v) is 0.561. The molecule has 0 spiro atoms. The molecule has 0 bridgehead atoms. The van der Waals surface area contributed by atoms with Gasteiger partial charge in [-0.15, -0.1) is 0 Å². The highest BCUT2D eigenvalue weighted by Gasteiger charge is 2.18. The third-order valence-corrected chi connectivity index (χ3v) is 1.02. The van der Waals surface area contributed by atoms with E-state index in [0.29, 0.717) is 6.54 Å². The molecule has 0 atom stereocenters. The van der Waals surface area contributed by atoms with E-state index in [2.05, 4.69) is 5.32 Å². The topological polar surface area (TPSA) is 96.7 Å². The van der Waals surface area contributed by atoms with Crippen molar-refractivity contribution >= 4 is 11.9 Å². The molecular weight excluding hydrogens is 138 g/mol. The summed E-state index contributed by atoms with van der Waals surface area (Å²) in [4.78, 5) is 11.9. The van der Waals surface area contributed by atoms with Gasteiger partial charge in [-0.3, -0.25) is 26.0 Å². The Morgan fingerprint density at radius 3 is 2.30 bits per heavy atom. The van der Waals surface area contributed by atoms with Crippen LogP contribution in [-0.2, 0) is 4.79 Å². The second-order valence-electron chi connectivity index (χ2n) is 1.75. The lowest BCUT2D eigenvalue weighted by molar-refractivity contribution is -0.176. The van der Waals surface area contributed by atoms with Crippen molar-refractivity contribution in [1.82, 2.24) is 10.2 Å². The Kier molecular flexibility index (Phi) is 3.37. The maximum absolute atomic E-state index is 10.4. The number of rotatable bonds is 0. The highest BCUT2D eigenvalue weighted by atomic mass is 17.0. The lowest BCUT2D eigenvalue weighted by atomic mass is 10.6. The molecule has 0 aromatic rings. The molecule has 1 aliphatic rings. The third kappa shape index (κ3) is 2.00. The molecular formula is C4H9N3O3. The number of likely N-dealkylation sites (N-methyl/N-ethyl adjacent to an activating group) is 1. The number of carbonyl (C=O) groups is 1. The molecule has 10 heavy (non-hydrogen) atoms. The monoisotopic (exact) mass is 147 g/mol. The van der Waals surface area contributed by atoms with Crippen molar-refractivity contribution < 1.29 is 15.3 Å². The Bertz CT molecular complexity index is 147. The van der Waals surface area contributed by atoms with Crippen LogP contribution in [0.4, 0.5) is 0 Å². The summed E-state index contributed by atoms with van der Waals surface area (Å²) in [6.45, 7) is 0.318. The Morgan fingerprint density at radius 1 is 1.70 bits per heavy atom. The summed E-state index contributed by atoms with van der Waals surface area (Å²) in [6.07, 6.45) is 0. The summed E-state index contributed by atoms with van der Waals surface area (Å²) in [6, 6.07) is 0. The van der Waals surface area contributed by atoms with Gasteiger partial charge in [-0.05, 0) is 0 Å². The molecule has 6 nitrogen and oxygen atoms in total. The number of hydrogen-bond donors (Lipinski definition) is 4. The van der Waals surface area contributed by atoms with Crippen LogP contribution in [0.5, 0.6) is 0 Å². The molecule has 58 valence electrons. The fraction of sp³-hybridized carbons (Fsp3) is 0.500. The minimum atomic E-state index is -0.0995. The quantitative estimate of drug-likeness (QED) is 0.261. The number of carbonyl (C=O) groups excluding carboxylic acids is 1. The number of hydrogen-bond acceptors (Lipinski definition) is 4. The molecule has 1 aliphatic heterocycles. The summed E-state index contributed by atoms with van der Waals surface area (Å²) < 4.78 is 0. The molecule has 1 heterocycles. The Labute approximate surface area is 57.5 Å². The van der Waals surface area contributed by atoms with Crippen LogP contribution in [0, 0.1) is 5.41 Å². The third-order valence-electron chi connectivity index (χ3n) is 1.02. The molecule has 1 rings (SSSR count). The summed E-state index contributed by atoms with van der Waals surface area (Å²) in [5.74, 6) is 0.0903. The Morgan fingerprint density at radius 2 is 2.20 bits per heavy atom. The van der Waals surface area contributed by atoms with Gasteiger partial charge in [0.2, 0.25) is 5.91 Å². The van der Waals surface area contributed by atoms with E-state index >= 15 is 0 Å². The normalized spacial score (nSPS) is 16.1. The summed E-state index contributed by atoms with van der Waals surface area (Å²) in [5, 5.41) is 21.3. The number of guanidine groups is 1. The number of amides is 1. The Balaban J connectivity index is 0.000000371. The average molecular weight is 147 g/mol. The van der Waals surface area contributed by atoms with Gasteiger partial charge in [0, 0.05) is 7.05 Å². The van der Waals surface area contributed by atoms with E-state index in [1.54, 1.807) is 11.9 Å². The fourth-order valence-electron chi connectivity index (χ4n) is 0.561. The van der Waals surface area contributed by atoms with Gasteiger partial charge in [0.15, 0.2) is 5.96 Å². The lowest BCUT2D eigenvalue weighted by Crippen LogP contribution is -2.25.